The second kappa shape index (κ2) is 8.30. The lowest BCUT2D eigenvalue weighted by molar-refractivity contribution is 0.0600. The molecule has 0 radical (unpaired) electrons. The van der Waals surface area contributed by atoms with Crippen LogP contribution in [0.15, 0.2) is 30.5 Å². The van der Waals surface area contributed by atoms with Gasteiger partial charge >= 0.3 is 5.97 Å². The third kappa shape index (κ3) is 4.21. The average molecular weight is 359 g/mol. The van der Waals surface area contributed by atoms with E-state index in [2.05, 4.69) is 4.98 Å². The molecule has 4 nitrogen and oxygen atoms in total. The van der Waals surface area contributed by atoms with Crippen molar-refractivity contribution in [3.05, 3.63) is 41.6 Å². The second-order valence-electron chi connectivity index (χ2n) is 6.31. The van der Waals surface area contributed by atoms with Crippen molar-refractivity contribution in [1.29, 1.82) is 0 Å². The minimum atomic E-state index is -1.15. The van der Waals surface area contributed by atoms with Gasteiger partial charge in [0.1, 0.15) is 11.4 Å². The zero-order valence-corrected chi connectivity index (χ0v) is 16.1. The lowest BCUT2D eigenvalue weighted by Crippen LogP contribution is -2.20. The Bertz CT molecular complexity index is 827. The number of hydrogen-bond donors (Lipinski definition) is 0. The zero-order chi connectivity index (χ0) is 19.3. The van der Waals surface area contributed by atoms with Gasteiger partial charge in [0.2, 0.25) is 0 Å². The summed E-state index contributed by atoms with van der Waals surface area (Å²) in [5.74, 6) is 0.245. The summed E-state index contributed by atoms with van der Waals surface area (Å²) in [7, 11) is 2.93. The van der Waals surface area contributed by atoms with Crippen molar-refractivity contribution in [3.8, 4) is 5.75 Å². The van der Waals surface area contributed by atoms with Crippen molar-refractivity contribution in [3.63, 3.8) is 0 Å². The Kier molecular flexibility index (Phi) is 6.35. The number of benzene rings is 1. The minimum absolute atomic E-state index is 0.387. The Hall–Kier alpha value is -2.43. The summed E-state index contributed by atoms with van der Waals surface area (Å²) in [5.41, 5.74) is 2.00. The van der Waals surface area contributed by atoms with Crippen molar-refractivity contribution < 1.29 is 18.7 Å². The third-order valence-electron chi connectivity index (χ3n) is 4.45. The standard InChI is InChI=1S/C19H20FNO3.C2H6/c1-19(20)6-4-12(5-7-19)16-10-15(23-2)9-13-8-14(18(22)24-3)11-21-17(13)16;1-2/h4,8-11H,5-7H2,1-3H3;1-2H3. The first kappa shape index (κ1) is 19.9. The first-order chi connectivity index (χ1) is 12.4. The van der Waals surface area contributed by atoms with Crippen LogP contribution >= 0.6 is 0 Å². The predicted molar refractivity (Wildman–Crippen MR) is 102 cm³/mol. The van der Waals surface area contributed by atoms with Crippen LogP contribution in [0.25, 0.3) is 16.5 Å². The molecule has 1 aromatic carbocycles. The summed E-state index contributed by atoms with van der Waals surface area (Å²) in [6.07, 6.45) is 4.97. The molecule has 140 valence electrons. The van der Waals surface area contributed by atoms with Gasteiger partial charge in [-0.1, -0.05) is 19.9 Å². The van der Waals surface area contributed by atoms with Gasteiger partial charge in [-0.3, -0.25) is 4.98 Å². The van der Waals surface area contributed by atoms with Crippen LogP contribution in [0, 0.1) is 0 Å². The first-order valence-electron chi connectivity index (χ1n) is 8.88. The predicted octanol–water partition coefficient (Wildman–Crippen LogP) is 5.35. The number of ether oxygens (including phenoxy) is 2. The summed E-state index contributed by atoms with van der Waals surface area (Å²) in [6, 6.07) is 5.49. The fourth-order valence-electron chi connectivity index (χ4n) is 2.99. The number of hydrogen-bond acceptors (Lipinski definition) is 4. The van der Waals surface area contributed by atoms with Crippen LogP contribution in [0.2, 0.25) is 0 Å². The van der Waals surface area contributed by atoms with Crippen molar-refractivity contribution in [2.24, 2.45) is 0 Å². The van der Waals surface area contributed by atoms with Gasteiger partial charge in [-0.05, 0) is 50.0 Å². The molecule has 1 atom stereocenters. The van der Waals surface area contributed by atoms with Crippen LogP contribution in [-0.4, -0.2) is 30.8 Å². The fourth-order valence-corrected chi connectivity index (χ4v) is 2.99. The molecule has 1 heterocycles. The van der Waals surface area contributed by atoms with E-state index < -0.39 is 11.6 Å². The number of fused-ring (bicyclic) bond motifs is 1. The van der Waals surface area contributed by atoms with E-state index in [4.69, 9.17) is 9.47 Å². The number of rotatable bonds is 3. The molecule has 1 aliphatic carbocycles. The lowest BCUT2D eigenvalue weighted by atomic mass is 9.85. The molecule has 1 unspecified atom stereocenters. The van der Waals surface area contributed by atoms with Gasteiger partial charge < -0.3 is 9.47 Å². The lowest BCUT2D eigenvalue weighted by Gasteiger charge is -2.25. The molecule has 0 amide bonds. The highest BCUT2D eigenvalue weighted by atomic mass is 19.1. The van der Waals surface area contributed by atoms with Crippen LogP contribution in [0.4, 0.5) is 4.39 Å². The quantitative estimate of drug-likeness (QED) is 0.693. The van der Waals surface area contributed by atoms with Crippen molar-refractivity contribution in [2.75, 3.05) is 14.2 Å². The SMILES string of the molecule is CC.COC(=O)c1cnc2c(C3=CCC(C)(F)CC3)cc(OC)cc2c1. The maximum Gasteiger partial charge on any atom is 0.339 e. The molecule has 0 saturated heterocycles. The van der Waals surface area contributed by atoms with Crippen LogP contribution in [0.3, 0.4) is 0 Å². The van der Waals surface area contributed by atoms with Crippen molar-refractivity contribution >= 4 is 22.4 Å². The van der Waals surface area contributed by atoms with E-state index in [9.17, 15) is 9.18 Å². The van der Waals surface area contributed by atoms with E-state index in [1.54, 1.807) is 20.1 Å². The summed E-state index contributed by atoms with van der Waals surface area (Å²) in [4.78, 5) is 16.2. The smallest absolute Gasteiger partial charge is 0.339 e. The summed E-state index contributed by atoms with van der Waals surface area (Å²) in [6.45, 7) is 5.63. The van der Waals surface area contributed by atoms with Gasteiger partial charge in [0.25, 0.3) is 0 Å². The molecule has 2 aromatic rings. The number of carbonyl (C=O) groups excluding carboxylic acids is 1. The summed E-state index contributed by atoms with van der Waals surface area (Å²) >= 11 is 0. The highest BCUT2D eigenvalue weighted by Gasteiger charge is 2.27. The number of alkyl halides is 1. The average Bonchev–Trinajstić information content (AvgIpc) is 2.67. The van der Waals surface area contributed by atoms with Gasteiger partial charge in [0.15, 0.2) is 0 Å². The van der Waals surface area contributed by atoms with E-state index in [0.29, 0.717) is 30.6 Å². The molecule has 0 bridgehead atoms. The van der Waals surface area contributed by atoms with Crippen molar-refractivity contribution in [1.82, 2.24) is 4.98 Å². The van der Waals surface area contributed by atoms with E-state index in [1.807, 2.05) is 32.1 Å². The molecular formula is C21H26FNO3. The molecule has 0 saturated carbocycles. The van der Waals surface area contributed by atoms with E-state index >= 15 is 0 Å². The van der Waals surface area contributed by atoms with Gasteiger partial charge in [-0.2, -0.15) is 0 Å². The Morgan fingerprint density at radius 1 is 1.23 bits per heavy atom. The monoisotopic (exact) mass is 359 g/mol. The molecule has 0 spiro atoms. The van der Waals surface area contributed by atoms with Crippen LogP contribution in [0.5, 0.6) is 5.75 Å². The number of pyridine rings is 1. The molecule has 3 rings (SSSR count). The molecule has 1 aliphatic rings. The third-order valence-corrected chi connectivity index (χ3v) is 4.45. The van der Waals surface area contributed by atoms with E-state index in [-0.39, 0.29) is 0 Å². The van der Waals surface area contributed by atoms with Gasteiger partial charge in [-0.15, -0.1) is 0 Å². The normalized spacial score (nSPS) is 19.2. The molecule has 0 fully saturated rings. The molecule has 1 aromatic heterocycles. The largest absolute Gasteiger partial charge is 0.497 e. The van der Waals surface area contributed by atoms with Gasteiger partial charge in [0, 0.05) is 17.1 Å². The number of halogens is 1. The van der Waals surface area contributed by atoms with Gasteiger partial charge in [0.05, 0.1) is 25.3 Å². The summed E-state index contributed by atoms with van der Waals surface area (Å²) in [5, 5.41) is 0.793. The molecule has 5 heteroatoms. The minimum Gasteiger partial charge on any atom is -0.497 e. The highest BCUT2D eigenvalue weighted by Crippen LogP contribution is 2.38. The van der Waals surface area contributed by atoms with Crippen molar-refractivity contribution in [2.45, 2.75) is 45.7 Å². The number of carbonyl (C=O) groups is 1. The fraction of sp³-hybridized carbons (Fsp3) is 0.429. The van der Waals surface area contributed by atoms with Crippen LogP contribution in [-0.2, 0) is 4.74 Å². The second-order valence-corrected chi connectivity index (χ2v) is 6.31. The van der Waals surface area contributed by atoms with Crippen LogP contribution in [0.1, 0.15) is 56.0 Å². The van der Waals surface area contributed by atoms with E-state index in [1.165, 1.54) is 13.3 Å². The Morgan fingerprint density at radius 2 is 1.96 bits per heavy atom. The number of esters is 1. The number of aromatic nitrogens is 1. The maximum absolute atomic E-state index is 14.1. The first-order valence-corrected chi connectivity index (χ1v) is 8.88. The summed E-state index contributed by atoms with van der Waals surface area (Å²) < 4.78 is 24.2. The Balaban J connectivity index is 0.00000117. The Morgan fingerprint density at radius 3 is 2.54 bits per heavy atom. The number of methoxy groups -OCH3 is 2. The Labute approximate surface area is 154 Å². The molecular weight excluding hydrogens is 333 g/mol. The van der Waals surface area contributed by atoms with Crippen LogP contribution < -0.4 is 4.74 Å². The number of nitrogens with zero attached hydrogens (tertiary/aromatic N) is 1. The van der Waals surface area contributed by atoms with Gasteiger partial charge in [-0.25, -0.2) is 9.18 Å². The zero-order valence-electron chi connectivity index (χ0n) is 16.1. The molecule has 0 N–H and O–H groups in total. The molecule has 0 aliphatic heterocycles. The topological polar surface area (TPSA) is 48.4 Å². The highest BCUT2D eigenvalue weighted by molar-refractivity contribution is 5.97. The maximum atomic E-state index is 14.1. The molecule has 26 heavy (non-hydrogen) atoms. The number of allylic oxidation sites excluding steroid dienone is 2. The van der Waals surface area contributed by atoms with E-state index in [0.717, 1.165) is 22.0 Å².